The van der Waals surface area contributed by atoms with E-state index >= 15 is 0 Å². The number of likely N-dealkylation sites (tertiary alicyclic amines) is 1. The molecule has 1 amide bonds. The molecule has 5 nitrogen and oxygen atoms in total. The van der Waals surface area contributed by atoms with E-state index in [1.54, 1.807) is 7.05 Å². The number of hydrogen-bond donors (Lipinski definition) is 2. The summed E-state index contributed by atoms with van der Waals surface area (Å²) in [5, 5.41) is 7.73. The zero-order valence-electron chi connectivity index (χ0n) is 17.5. The van der Waals surface area contributed by atoms with Crippen LogP contribution in [0.15, 0.2) is 29.3 Å². The molecule has 156 valence electrons. The molecule has 28 heavy (non-hydrogen) atoms. The number of nitrogens with one attached hydrogen (secondary N) is 2. The number of amides is 1. The number of guanidine groups is 1. The highest BCUT2D eigenvalue weighted by Gasteiger charge is 2.26. The smallest absolute Gasteiger partial charge is 0.225 e. The van der Waals surface area contributed by atoms with Gasteiger partial charge < -0.3 is 15.5 Å². The molecule has 0 aromatic heterocycles. The Balaban J connectivity index is 1.69. The average Bonchev–Trinajstić information content (AvgIpc) is 2.72. The highest BCUT2D eigenvalue weighted by atomic mass is 35.5. The van der Waals surface area contributed by atoms with Gasteiger partial charge in [-0.1, -0.05) is 43.6 Å². The number of benzene rings is 1. The summed E-state index contributed by atoms with van der Waals surface area (Å²) >= 11 is 6.21. The average molecular weight is 407 g/mol. The second kappa shape index (κ2) is 11.9. The number of halogens is 1. The van der Waals surface area contributed by atoms with E-state index in [2.05, 4.69) is 35.5 Å². The van der Waals surface area contributed by atoms with Crippen molar-refractivity contribution in [1.29, 1.82) is 0 Å². The minimum Gasteiger partial charge on any atom is -0.356 e. The third-order valence-electron chi connectivity index (χ3n) is 5.58. The predicted molar refractivity (Wildman–Crippen MR) is 118 cm³/mol. The molecular formula is C22H35ClN4O. The number of nitrogens with zero attached hydrogens (tertiary/aromatic N) is 2. The summed E-state index contributed by atoms with van der Waals surface area (Å²) in [7, 11) is 1.80. The summed E-state index contributed by atoms with van der Waals surface area (Å²) in [5.41, 5.74) is 1.18. The number of piperidine rings is 1. The Morgan fingerprint density at radius 3 is 2.54 bits per heavy atom. The van der Waals surface area contributed by atoms with Crippen molar-refractivity contribution in [2.45, 2.75) is 58.4 Å². The number of aliphatic imine (C=N–C) groups is 1. The predicted octanol–water partition coefficient (Wildman–Crippen LogP) is 3.86. The Morgan fingerprint density at radius 1 is 1.25 bits per heavy atom. The van der Waals surface area contributed by atoms with Crippen molar-refractivity contribution in [3.8, 4) is 0 Å². The van der Waals surface area contributed by atoms with Crippen LogP contribution in [0.3, 0.4) is 0 Å². The first-order chi connectivity index (χ1) is 13.6. The van der Waals surface area contributed by atoms with Crippen molar-refractivity contribution in [2.24, 2.45) is 10.9 Å². The summed E-state index contributed by atoms with van der Waals surface area (Å²) in [6.45, 7) is 6.70. The molecule has 1 aromatic rings. The lowest BCUT2D eigenvalue weighted by Gasteiger charge is -2.34. The second-order valence-electron chi connectivity index (χ2n) is 7.45. The molecule has 1 fully saturated rings. The lowest BCUT2D eigenvalue weighted by Crippen LogP contribution is -2.50. The Hall–Kier alpha value is -1.75. The Labute approximate surface area is 174 Å². The number of hydrogen-bond acceptors (Lipinski definition) is 2. The molecule has 2 N–H and O–H groups in total. The summed E-state index contributed by atoms with van der Waals surface area (Å²) in [6, 6.07) is 8.35. The van der Waals surface area contributed by atoms with E-state index in [4.69, 9.17) is 11.6 Å². The number of aryl methyl sites for hydroxylation is 1. The lowest BCUT2D eigenvalue weighted by molar-refractivity contribution is -0.136. The highest BCUT2D eigenvalue weighted by molar-refractivity contribution is 6.31. The minimum absolute atomic E-state index is 0.178. The molecule has 0 unspecified atom stereocenters. The first-order valence-corrected chi connectivity index (χ1v) is 11.0. The molecule has 0 aliphatic carbocycles. The summed E-state index contributed by atoms with van der Waals surface area (Å²) in [5.74, 6) is 1.34. The number of carbonyl (C=O) groups excluding carboxylic acids is 1. The van der Waals surface area contributed by atoms with Crippen LogP contribution in [0.1, 0.15) is 51.5 Å². The monoisotopic (exact) mass is 406 g/mol. The van der Waals surface area contributed by atoms with E-state index in [9.17, 15) is 4.79 Å². The fourth-order valence-corrected chi connectivity index (χ4v) is 3.95. The fraction of sp³-hybridized carbons (Fsp3) is 0.636. The van der Waals surface area contributed by atoms with Crippen molar-refractivity contribution in [3.05, 3.63) is 34.9 Å². The Kier molecular flexibility index (Phi) is 9.62. The largest absolute Gasteiger partial charge is 0.356 e. The van der Waals surface area contributed by atoms with Crippen LogP contribution >= 0.6 is 11.6 Å². The number of carbonyl (C=O) groups is 1. The van der Waals surface area contributed by atoms with E-state index in [1.165, 1.54) is 5.56 Å². The van der Waals surface area contributed by atoms with Crippen LogP contribution in [0.5, 0.6) is 0 Å². The van der Waals surface area contributed by atoms with Crippen LogP contribution in [0.25, 0.3) is 0 Å². The van der Waals surface area contributed by atoms with Gasteiger partial charge in [-0.2, -0.15) is 0 Å². The summed E-state index contributed by atoms with van der Waals surface area (Å²) in [6.07, 6.45) is 5.72. The molecule has 0 radical (unpaired) electrons. The molecule has 1 aromatic carbocycles. The topological polar surface area (TPSA) is 56.7 Å². The third kappa shape index (κ3) is 6.69. The van der Waals surface area contributed by atoms with Gasteiger partial charge in [-0.25, -0.2) is 0 Å². The van der Waals surface area contributed by atoms with Gasteiger partial charge in [0.1, 0.15) is 0 Å². The van der Waals surface area contributed by atoms with E-state index in [0.717, 1.165) is 69.1 Å². The van der Waals surface area contributed by atoms with Gasteiger partial charge in [-0.3, -0.25) is 9.79 Å². The van der Waals surface area contributed by atoms with Crippen molar-refractivity contribution in [2.75, 3.05) is 26.7 Å². The molecule has 1 aliphatic heterocycles. The van der Waals surface area contributed by atoms with Crippen LogP contribution in [-0.2, 0) is 11.2 Å². The molecule has 6 heteroatoms. The molecule has 1 heterocycles. The second-order valence-corrected chi connectivity index (χ2v) is 7.86. The van der Waals surface area contributed by atoms with Gasteiger partial charge in [0.25, 0.3) is 0 Å². The van der Waals surface area contributed by atoms with E-state index in [1.807, 2.05) is 23.1 Å². The maximum Gasteiger partial charge on any atom is 0.225 e. The van der Waals surface area contributed by atoms with Gasteiger partial charge in [-0.05, 0) is 50.2 Å². The van der Waals surface area contributed by atoms with Crippen LogP contribution < -0.4 is 10.6 Å². The normalized spacial score (nSPS) is 15.8. The Morgan fingerprint density at radius 2 is 1.93 bits per heavy atom. The van der Waals surface area contributed by atoms with E-state index in [-0.39, 0.29) is 5.92 Å². The molecule has 1 aliphatic rings. The van der Waals surface area contributed by atoms with Crippen LogP contribution in [0.4, 0.5) is 0 Å². The summed E-state index contributed by atoms with van der Waals surface area (Å²) < 4.78 is 0. The maximum atomic E-state index is 12.5. The van der Waals surface area contributed by atoms with Gasteiger partial charge in [0.15, 0.2) is 5.96 Å². The molecule has 0 spiro atoms. The highest BCUT2D eigenvalue weighted by Crippen LogP contribution is 2.18. The van der Waals surface area contributed by atoms with Crippen molar-refractivity contribution < 1.29 is 4.79 Å². The van der Waals surface area contributed by atoms with Gasteiger partial charge in [0, 0.05) is 43.7 Å². The first-order valence-electron chi connectivity index (χ1n) is 10.6. The summed E-state index contributed by atoms with van der Waals surface area (Å²) in [4.78, 5) is 18.9. The van der Waals surface area contributed by atoms with Gasteiger partial charge in [0.2, 0.25) is 5.91 Å². The standard InChI is InChI=1S/C22H35ClN4O/c1-4-17(5-2)21(28)27-15-12-19(13-16-27)26-22(24-3)25-14-8-10-18-9-6-7-11-20(18)23/h6-7,9,11,17,19H,4-5,8,10,12-16H2,1-3H3,(H2,24,25,26). The van der Waals surface area contributed by atoms with Crippen LogP contribution in [0, 0.1) is 5.92 Å². The molecule has 0 saturated carbocycles. The third-order valence-corrected chi connectivity index (χ3v) is 5.95. The van der Waals surface area contributed by atoms with Crippen molar-refractivity contribution in [1.82, 2.24) is 15.5 Å². The first kappa shape index (κ1) is 22.5. The van der Waals surface area contributed by atoms with Gasteiger partial charge >= 0.3 is 0 Å². The SMILES string of the molecule is CCC(CC)C(=O)N1CCC(NC(=NC)NCCCc2ccccc2Cl)CC1. The Bertz CT molecular complexity index is 637. The molecule has 1 saturated heterocycles. The lowest BCUT2D eigenvalue weighted by atomic mass is 9.98. The number of rotatable bonds is 8. The van der Waals surface area contributed by atoms with E-state index < -0.39 is 0 Å². The molecular weight excluding hydrogens is 372 g/mol. The quantitative estimate of drug-likeness (QED) is 0.391. The van der Waals surface area contributed by atoms with Gasteiger partial charge in [0.05, 0.1) is 0 Å². The minimum atomic E-state index is 0.178. The molecule has 2 rings (SSSR count). The zero-order valence-corrected chi connectivity index (χ0v) is 18.3. The molecule has 0 atom stereocenters. The zero-order chi connectivity index (χ0) is 20.4. The van der Waals surface area contributed by atoms with Crippen molar-refractivity contribution >= 4 is 23.5 Å². The van der Waals surface area contributed by atoms with E-state index in [0.29, 0.717) is 11.9 Å². The molecule has 0 bridgehead atoms. The van der Waals surface area contributed by atoms with Crippen LogP contribution in [0.2, 0.25) is 5.02 Å². The van der Waals surface area contributed by atoms with Crippen LogP contribution in [-0.4, -0.2) is 49.5 Å². The van der Waals surface area contributed by atoms with Gasteiger partial charge in [-0.15, -0.1) is 0 Å². The van der Waals surface area contributed by atoms with Crippen molar-refractivity contribution in [3.63, 3.8) is 0 Å². The maximum absolute atomic E-state index is 12.5. The fourth-order valence-electron chi connectivity index (χ4n) is 3.72.